The van der Waals surface area contributed by atoms with E-state index < -0.39 is 0 Å². The summed E-state index contributed by atoms with van der Waals surface area (Å²) in [7, 11) is 0. The average Bonchev–Trinajstić information content (AvgIpc) is 3.60. The lowest BCUT2D eigenvalue weighted by Gasteiger charge is -2.25. The number of benzene rings is 1. The Bertz CT molecular complexity index is 1350. The third-order valence-electron chi connectivity index (χ3n) is 5.67. The van der Waals surface area contributed by atoms with Crippen LogP contribution in [0.3, 0.4) is 0 Å². The monoisotopic (exact) mass is 513 g/mol. The van der Waals surface area contributed by atoms with E-state index >= 15 is 0 Å². The third-order valence-corrected chi connectivity index (χ3v) is 7.53. The number of hydrogen-bond donors (Lipinski definition) is 1. The van der Waals surface area contributed by atoms with Crippen molar-refractivity contribution in [2.24, 2.45) is 0 Å². The second kappa shape index (κ2) is 10.0. The lowest BCUT2D eigenvalue weighted by Crippen LogP contribution is -2.41. The van der Waals surface area contributed by atoms with Crippen LogP contribution in [-0.4, -0.2) is 87.8 Å². The van der Waals surface area contributed by atoms with Crippen molar-refractivity contribution in [2.45, 2.75) is 22.6 Å². The molecule has 0 radical (unpaired) electrons. The predicted molar refractivity (Wildman–Crippen MR) is 130 cm³/mol. The van der Waals surface area contributed by atoms with Gasteiger partial charge in [-0.3, -0.25) is 9.69 Å². The number of aromatic nitrogens is 5. The van der Waals surface area contributed by atoms with Gasteiger partial charge < -0.3 is 19.5 Å². The molecular weight excluding hydrogens is 490 g/mol. The van der Waals surface area contributed by atoms with Gasteiger partial charge >= 0.3 is 0 Å². The van der Waals surface area contributed by atoms with Crippen LogP contribution in [0.1, 0.15) is 6.42 Å². The number of ether oxygens (including phenoxy) is 3. The van der Waals surface area contributed by atoms with Gasteiger partial charge in [0.05, 0.1) is 43.2 Å². The molecule has 0 aliphatic carbocycles. The van der Waals surface area contributed by atoms with Gasteiger partial charge in [0.15, 0.2) is 10.8 Å². The molecule has 4 aromatic rings. The fraction of sp³-hybridized carbons (Fsp3) is 0.409. The van der Waals surface area contributed by atoms with Crippen molar-refractivity contribution >= 4 is 50.0 Å². The number of carbonyl (C=O) groups is 1. The molecule has 13 heteroatoms. The van der Waals surface area contributed by atoms with E-state index in [-0.39, 0.29) is 12.0 Å². The van der Waals surface area contributed by atoms with Gasteiger partial charge in [0.25, 0.3) is 0 Å². The second-order valence-corrected chi connectivity index (χ2v) is 10.3. The van der Waals surface area contributed by atoms with Crippen LogP contribution >= 0.6 is 23.1 Å². The standard InChI is InChI=1S/C22H23N7O4S2/c30-19(12-28-6-9-31-10-7-28)24-21-23-16-2-1-15(11-17(16)35-21)34-22-26-25-18-3-4-20(27-29(18)22)33-14-5-8-32-13-14/h1-4,11,14H,5-10,12-13H2,(H,23,24,30). The number of morpholine rings is 1. The first-order valence-corrected chi connectivity index (χ1v) is 13.0. The van der Waals surface area contributed by atoms with Gasteiger partial charge in [0.2, 0.25) is 16.9 Å². The van der Waals surface area contributed by atoms with Gasteiger partial charge in [0, 0.05) is 30.5 Å². The Morgan fingerprint density at radius 3 is 2.94 bits per heavy atom. The molecule has 1 aromatic carbocycles. The molecule has 1 amide bonds. The van der Waals surface area contributed by atoms with Crippen molar-refractivity contribution in [2.75, 3.05) is 51.4 Å². The van der Waals surface area contributed by atoms with E-state index in [1.54, 1.807) is 10.6 Å². The molecule has 2 aliphatic heterocycles. The van der Waals surface area contributed by atoms with Crippen molar-refractivity contribution < 1.29 is 19.0 Å². The number of hydrogen-bond acceptors (Lipinski definition) is 11. The van der Waals surface area contributed by atoms with E-state index in [0.717, 1.165) is 34.6 Å². The zero-order chi connectivity index (χ0) is 23.6. The minimum Gasteiger partial charge on any atom is -0.471 e. The summed E-state index contributed by atoms with van der Waals surface area (Å²) in [6.45, 7) is 4.48. The first kappa shape index (κ1) is 22.6. The quantitative estimate of drug-likeness (QED) is 0.395. The molecule has 2 aliphatic rings. The molecule has 1 unspecified atom stereocenters. The van der Waals surface area contributed by atoms with Crippen LogP contribution in [0.2, 0.25) is 0 Å². The van der Waals surface area contributed by atoms with Crippen molar-refractivity contribution in [1.29, 1.82) is 0 Å². The fourth-order valence-corrected chi connectivity index (χ4v) is 5.73. The van der Waals surface area contributed by atoms with Crippen molar-refractivity contribution in [3.63, 3.8) is 0 Å². The molecule has 35 heavy (non-hydrogen) atoms. The maximum Gasteiger partial charge on any atom is 0.240 e. The SMILES string of the molecule is O=C(CN1CCOCC1)Nc1nc2ccc(Sc3nnc4ccc(OC5CCOC5)nn34)cc2s1. The lowest BCUT2D eigenvalue weighted by molar-refractivity contribution is -0.118. The number of nitrogens with one attached hydrogen (secondary N) is 1. The van der Waals surface area contributed by atoms with E-state index in [1.807, 2.05) is 24.3 Å². The molecule has 0 bridgehead atoms. The first-order chi connectivity index (χ1) is 17.2. The molecule has 0 spiro atoms. The Kier molecular flexibility index (Phi) is 6.48. The highest BCUT2D eigenvalue weighted by atomic mass is 32.2. The number of carbonyl (C=O) groups excluding carboxylic acids is 1. The molecule has 2 fully saturated rings. The summed E-state index contributed by atoms with van der Waals surface area (Å²) >= 11 is 2.90. The van der Waals surface area contributed by atoms with E-state index in [0.29, 0.717) is 54.8 Å². The van der Waals surface area contributed by atoms with Crippen molar-refractivity contribution in [1.82, 2.24) is 29.7 Å². The predicted octanol–water partition coefficient (Wildman–Crippen LogP) is 2.32. The number of amides is 1. The molecule has 1 atom stereocenters. The number of rotatable bonds is 7. The fourth-order valence-electron chi connectivity index (χ4n) is 3.90. The molecule has 0 saturated carbocycles. The van der Waals surface area contributed by atoms with E-state index in [9.17, 15) is 4.79 Å². The number of thiazole rings is 1. The minimum absolute atomic E-state index is 0.0184. The third kappa shape index (κ3) is 5.23. The molecule has 6 rings (SSSR count). The second-order valence-electron chi connectivity index (χ2n) is 8.21. The highest BCUT2D eigenvalue weighted by Crippen LogP contribution is 2.33. The van der Waals surface area contributed by atoms with E-state index in [4.69, 9.17) is 14.2 Å². The smallest absolute Gasteiger partial charge is 0.240 e. The lowest BCUT2D eigenvalue weighted by atomic mass is 10.3. The summed E-state index contributed by atoms with van der Waals surface area (Å²) < 4.78 is 19.3. The normalized spacial score (nSPS) is 18.9. The molecule has 5 heterocycles. The molecular formula is C22H23N7O4S2. The van der Waals surface area contributed by atoms with Gasteiger partial charge in [-0.25, -0.2) is 4.98 Å². The van der Waals surface area contributed by atoms with Crippen LogP contribution in [-0.2, 0) is 14.3 Å². The number of anilines is 1. The summed E-state index contributed by atoms with van der Waals surface area (Å²) in [6.07, 6.45) is 0.874. The zero-order valence-electron chi connectivity index (χ0n) is 18.8. The van der Waals surface area contributed by atoms with Crippen LogP contribution in [0.15, 0.2) is 40.4 Å². The molecule has 3 aromatic heterocycles. The maximum atomic E-state index is 12.4. The molecule has 11 nitrogen and oxygen atoms in total. The Morgan fingerprint density at radius 1 is 1.17 bits per heavy atom. The van der Waals surface area contributed by atoms with Crippen LogP contribution in [0.5, 0.6) is 5.88 Å². The largest absolute Gasteiger partial charge is 0.471 e. The summed E-state index contributed by atoms with van der Waals surface area (Å²) in [5.41, 5.74) is 1.48. The van der Waals surface area contributed by atoms with Gasteiger partial charge in [-0.2, -0.15) is 4.52 Å². The van der Waals surface area contributed by atoms with Gasteiger partial charge in [0.1, 0.15) is 6.10 Å². The minimum atomic E-state index is -0.0660. The Morgan fingerprint density at radius 2 is 2.09 bits per heavy atom. The van der Waals surface area contributed by atoms with E-state index in [1.165, 1.54) is 23.1 Å². The Hall–Kier alpha value is -2.84. The van der Waals surface area contributed by atoms with Gasteiger partial charge in [-0.15, -0.1) is 15.3 Å². The summed E-state index contributed by atoms with van der Waals surface area (Å²) in [5, 5.41) is 17.2. The summed E-state index contributed by atoms with van der Waals surface area (Å²) in [5.74, 6) is 0.453. The molecule has 182 valence electrons. The van der Waals surface area contributed by atoms with Crippen LogP contribution in [0, 0.1) is 0 Å². The van der Waals surface area contributed by atoms with Crippen molar-refractivity contribution in [3.05, 3.63) is 30.3 Å². The number of nitrogens with zero attached hydrogens (tertiary/aromatic N) is 6. The zero-order valence-corrected chi connectivity index (χ0v) is 20.4. The van der Waals surface area contributed by atoms with Crippen molar-refractivity contribution in [3.8, 4) is 5.88 Å². The van der Waals surface area contributed by atoms with Crippen LogP contribution in [0.4, 0.5) is 5.13 Å². The Labute approximate surface area is 208 Å². The summed E-state index contributed by atoms with van der Waals surface area (Å²) in [6, 6.07) is 9.59. The molecule has 2 saturated heterocycles. The average molecular weight is 514 g/mol. The Balaban J connectivity index is 1.15. The highest BCUT2D eigenvalue weighted by Gasteiger charge is 2.19. The topological polar surface area (TPSA) is 116 Å². The highest BCUT2D eigenvalue weighted by molar-refractivity contribution is 7.99. The van der Waals surface area contributed by atoms with Crippen LogP contribution < -0.4 is 10.1 Å². The van der Waals surface area contributed by atoms with Gasteiger partial charge in [-0.1, -0.05) is 11.3 Å². The maximum absolute atomic E-state index is 12.4. The van der Waals surface area contributed by atoms with E-state index in [2.05, 4.69) is 30.5 Å². The molecule has 1 N–H and O–H groups in total. The first-order valence-electron chi connectivity index (χ1n) is 11.3. The number of fused-ring (bicyclic) bond motifs is 2. The summed E-state index contributed by atoms with van der Waals surface area (Å²) in [4.78, 5) is 20.0. The van der Waals surface area contributed by atoms with Gasteiger partial charge in [-0.05, 0) is 36.0 Å². The van der Waals surface area contributed by atoms with Crippen LogP contribution in [0.25, 0.3) is 15.9 Å².